The van der Waals surface area contributed by atoms with Gasteiger partial charge in [-0.05, 0) is 53.7 Å². The van der Waals surface area contributed by atoms with Crippen LogP contribution in [0.25, 0.3) is 0 Å². The van der Waals surface area contributed by atoms with Gasteiger partial charge in [0.2, 0.25) is 0 Å². The molecule has 0 aliphatic rings. The first-order valence-corrected chi connectivity index (χ1v) is 9.57. The molecule has 3 rings (SSSR count). The van der Waals surface area contributed by atoms with Crippen molar-refractivity contribution in [2.45, 2.75) is 16.9 Å². The highest BCUT2D eigenvalue weighted by molar-refractivity contribution is 8.00. The summed E-state index contributed by atoms with van der Waals surface area (Å²) in [6.07, 6.45) is 3.02. The Kier molecular flexibility index (Phi) is 6.73. The first kappa shape index (κ1) is 21.4. The summed E-state index contributed by atoms with van der Waals surface area (Å²) < 4.78 is 38.1. The molecule has 5 nitrogen and oxygen atoms in total. The van der Waals surface area contributed by atoms with Gasteiger partial charge in [0.15, 0.2) is 0 Å². The van der Waals surface area contributed by atoms with E-state index in [1.54, 1.807) is 36.4 Å². The zero-order chi connectivity index (χ0) is 21.6. The van der Waals surface area contributed by atoms with Crippen LogP contribution in [-0.4, -0.2) is 22.3 Å². The van der Waals surface area contributed by atoms with Crippen LogP contribution in [0.5, 0.6) is 0 Å². The molecule has 1 aromatic heterocycles. The summed E-state index contributed by atoms with van der Waals surface area (Å²) >= 11 is -0.328. The Morgan fingerprint density at radius 1 is 0.933 bits per heavy atom. The molecule has 30 heavy (non-hydrogen) atoms. The smallest absolute Gasteiger partial charge is 0.348 e. The van der Waals surface area contributed by atoms with Crippen molar-refractivity contribution < 1.29 is 22.8 Å². The van der Waals surface area contributed by atoms with Crippen molar-refractivity contribution in [3.8, 4) is 0 Å². The van der Waals surface area contributed by atoms with Crippen molar-refractivity contribution >= 4 is 29.3 Å². The van der Waals surface area contributed by atoms with Gasteiger partial charge in [0.1, 0.15) is 0 Å². The van der Waals surface area contributed by atoms with E-state index in [2.05, 4.69) is 15.6 Å². The predicted octanol–water partition coefficient (Wildman–Crippen LogP) is 4.88. The molecule has 3 aromatic rings. The van der Waals surface area contributed by atoms with Gasteiger partial charge < -0.3 is 10.6 Å². The molecule has 0 unspecified atom stereocenters. The van der Waals surface area contributed by atoms with E-state index < -0.39 is 11.4 Å². The highest BCUT2D eigenvalue weighted by Crippen LogP contribution is 2.38. The third-order valence-corrected chi connectivity index (χ3v) is 4.75. The Balaban J connectivity index is 1.65. The Morgan fingerprint density at radius 2 is 1.67 bits per heavy atom. The lowest BCUT2D eigenvalue weighted by Gasteiger charge is -2.12. The molecule has 0 aliphatic carbocycles. The number of carbonyl (C=O) groups excluding carboxylic acids is 2. The fourth-order valence-corrected chi connectivity index (χ4v) is 3.28. The zero-order valence-corrected chi connectivity index (χ0v) is 16.3. The predicted molar refractivity (Wildman–Crippen MR) is 108 cm³/mol. The molecule has 9 heteroatoms. The molecule has 0 saturated heterocycles. The molecule has 0 saturated carbocycles. The van der Waals surface area contributed by atoms with Gasteiger partial charge in [0, 0.05) is 35.1 Å². The number of aromatic nitrogens is 1. The summed E-state index contributed by atoms with van der Waals surface area (Å²) in [4.78, 5) is 28.3. The fraction of sp³-hybridized carbons (Fsp3) is 0.0952. The number of carbonyl (C=O) groups is 2. The van der Waals surface area contributed by atoms with E-state index in [0.29, 0.717) is 16.8 Å². The third-order valence-electron chi connectivity index (χ3n) is 3.94. The van der Waals surface area contributed by atoms with E-state index in [1.807, 2.05) is 0 Å². The summed E-state index contributed by atoms with van der Waals surface area (Å²) in [5, 5.41) is 5.36. The van der Waals surface area contributed by atoms with Crippen LogP contribution >= 0.6 is 11.8 Å². The lowest BCUT2D eigenvalue weighted by atomic mass is 10.1. The van der Waals surface area contributed by atoms with Crippen LogP contribution in [0.3, 0.4) is 0 Å². The molecule has 154 valence electrons. The van der Waals surface area contributed by atoms with Gasteiger partial charge >= 0.3 is 5.51 Å². The van der Waals surface area contributed by atoms with Crippen molar-refractivity contribution in [3.63, 3.8) is 0 Å². The molecule has 0 spiro atoms. The molecule has 1 heterocycles. The van der Waals surface area contributed by atoms with E-state index in [-0.39, 0.29) is 34.7 Å². The van der Waals surface area contributed by atoms with Gasteiger partial charge in [-0.3, -0.25) is 14.6 Å². The summed E-state index contributed by atoms with van der Waals surface area (Å²) in [6, 6.07) is 15.5. The Bertz CT molecular complexity index is 1040. The Morgan fingerprint density at radius 3 is 2.40 bits per heavy atom. The minimum atomic E-state index is -4.49. The fourth-order valence-electron chi connectivity index (χ4n) is 2.61. The highest BCUT2D eigenvalue weighted by atomic mass is 32.2. The second-order valence-corrected chi connectivity index (χ2v) is 7.22. The monoisotopic (exact) mass is 431 g/mol. The van der Waals surface area contributed by atoms with Crippen LogP contribution in [-0.2, 0) is 6.54 Å². The number of rotatable bonds is 6. The van der Waals surface area contributed by atoms with Crippen LogP contribution in [0.1, 0.15) is 26.3 Å². The molecule has 0 fully saturated rings. The van der Waals surface area contributed by atoms with Crippen LogP contribution in [0, 0.1) is 0 Å². The third kappa shape index (κ3) is 6.08. The first-order valence-electron chi connectivity index (χ1n) is 8.75. The molecule has 2 N–H and O–H groups in total. The molecule has 2 amide bonds. The largest absolute Gasteiger partial charge is 0.446 e. The second-order valence-electron chi connectivity index (χ2n) is 6.12. The number of hydrogen-bond acceptors (Lipinski definition) is 4. The highest BCUT2D eigenvalue weighted by Gasteiger charge is 2.31. The maximum Gasteiger partial charge on any atom is 0.446 e. The number of benzene rings is 2. The van der Waals surface area contributed by atoms with Gasteiger partial charge in [-0.15, -0.1) is 0 Å². The van der Waals surface area contributed by atoms with Gasteiger partial charge in [-0.25, -0.2) is 0 Å². The molecule has 0 aliphatic heterocycles. The zero-order valence-electron chi connectivity index (χ0n) is 15.4. The van der Waals surface area contributed by atoms with Crippen LogP contribution in [0.15, 0.2) is 78.0 Å². The second kappa shape index (κ2) is 9.45. The Labute approximate surface area is 174 Å². The van der Waals surface area contributed by atoms with Crippen LogP contribution in [0.2, 0.25) is 0 Å². The molecule has 0 bridgehead atoms. The number of anilines is 1. The van der Waals surface area contributed by atoms with Crippen molar-refractivity contribution in [3.05, 3.63) is 89.7 Å². The maximum absolute atomic E-state index is 12.7. The van der Waals surface area contributed by atoms with Gasteiger partial charge in [-0.1, -0.05) is 24.3 Å². The van der Waals surface area contributed by atoms with Crippen LogP contribution < -0.4 is 10.6 Å². The first-order chi connectivity index (χ1) is 14.3. The van der Waals surface area contributed by atoms with Crippen LogP contribution in [0.4, 0.5) is 18.9 Å². The Hall–Kier alpha value is -3.33. The normalized spacial score (nSPS) is 11.0. The summed E-state index contributed by atoms with van der Waals surface area (Å²) in [5.74, 6) is -0.926. The van der Waals surface area contributed by atoms with Crippen molar-refractivity contribution in [2.75, 3.05) is 5.32 Å². The van der Waals surface area contributed by atoms with Crippen molar-refractivity contribution in [1.82, 2.24) is 10.3 Å². The number of alkyl halides is 3. The topological polar surface area (TPSA) is 71.1 Å². The summed E-state index contributed by atoms with van der Waals surface area (Å²) in [5.41, 5.74) is -2.89. The van der Waals surface area contributed by atoms with E-state index >= 15 is 0 Å². The average molecular weight is 431 g/mol. The number of thioether (sulfide) groups is 1. The molecular formula is C21H16F3N3O2S. The minimum Gasteiger partial charge on any atom is -0.348 e. The number of pyridine rings is 1. The summed E-state index contributed by atoms with van der Waals surface area (Å²) in [6.45, 7) is 0.0861. The molecule has 2 aromatic carbocycles. The SMILES string of the molecule is O=C(Nc1cccc(CNC(=O)c2ccccc2SC(F)(F)F)c1)c1ccncc1. The number of halogens is 3. The van der Waals surface area contributed by atoms with Gasteiger partial charge in [-0.2, -0.15) is 13.2 Å². The number of nitrogens with one attached hydrogen (secondary N) is 2. The molecular weight excluding hydrogens is 415 g/mol. The number of hydrogen-bond donors (Lipinski definition) is 2. The standard InChI is InChI=1S/C21H16F3N3O2S/c22-21(23,24)30-18-7-2-1-6-17(18)20(29)26-13-14-4-3-5-16(12-14)27-19(28)15-8-10-25-11-9-15/h1-12H,13H2,(H,26,29)(H,27,28). The van der Waals surface area contributed by atoms with Gasteiger partial charge in [0.25, 0.3) is 11.8 Å². The lowest BCUT2D eigenvalue weighted by Crippen LogP contribution is -2.23. The lowest BCUT2D eigenvalue weighted by molar-refractivity contribution is -0.0328. The van der Waals surface area contributed by atoms with Gasteiger partial charge in [0.05, 0.1) is 5.56 Å². The number of nitrogens with zero attached hydrogens (tertiary/aromatic N) is 1. The van der Waals surface area contributed by atoms with E-state index in [4.69, 9.17) is 0 Å². The van der Waals surface area contributed by atoms with E-state index in [1.165, 1.54) is 36.7 Å². The quantitative estimate of drug-likeness (QED) is 0.546. The van der Waals surface area contributed by atoms with E-state index in [0.717, 1.165) is 0 Å². The average Bonchev–Trinajstić information content (AvgIpc) is 2.72. The summed E-state index contributed by atoms with van der Waals surface area (Å²) in [7, 11) is 0. The number of amides is 2. The minimum absolute atomic E-state index is 0.0537. The van der Waals surface area contributed by atoms with Crippen molar-refractivity contribution in [2.24, 2.45) is 0 Å². The molecule has 0 atom stereocenters. The maximum atomic E-state index is 12.7. The molecule has 0 radical (unpaired) electrons. The van der Waals surface area contributed by atoms with Crippen molar-refractivity contribution in [1.29, 1.82) is 0 Å². The van der Waals surface area contributed by atoms with E-state index in [9.17, 15) is 22.8 Å².